The molecule has 0 saturated heterocycles. The van der Waals surface area contributed by atoms with Gasteiger partial charge in [0.1, 0.15) is 24.8 Å². The van der Waals surface area contributed by atoms with Gasteiger partial charge in [0, 0.05) is 5.56 Å². The largest absolute Gasteiger partial charge is 0.489 e. The molecule has 0 bridgehead atoms. The molecule has 28 heavy (non-hydrogen) atoms. The van der Waals surface area contributed by atoms with E-state index in [1.807, 2.05) is 0 Å². The lowest BCUT2D eigenvalue weighted by molar-refractivity contribution is -0.139. The molecule has 1 unspecified atom stereocenters. The van der Waals surface area contributed by atoms with Crippen molar-refractivity contribution in [2.24, 2.45) is 5.92 Å². The highest BCUT2D eigenvalue weighted by molar-refractivity contribution is 6.32. The smallest absolute Gasteiger partial charge is 0.310 e. The van der Waals surface area contributed by atoms with Crippen molar-refractivity contribution >= 4 is 17.6 Å². The lowest BCUT2D eigenvalue weighted by Crippen LogP contribution is -2.13. The van der Waals surface area contributed by atoms with Gasteiger partial charge in [-0.3, -0.25) is 4.79 Å². The number of alkyl halides is 2. The first kappa shape index (κ1) is 20.4. The Labute approximate surface area is 167 Å². The topological polar surface area (TPSA) is 55.8 Å². The molecule has 1 fully saturated rings. The molecule has 1 aliphatic rings. The number of aliphatic carboxylic acids is 1. The van der Waals surface area contributed by atoms with E-state index in [0.717, 1.165) is 12.8 Å². The lowest BCUT2D eigenvalue weighted by Gasteiger charge is -2.18. The molecule has 1 atom stereocenters. The molecule has 2 aromatic carbocycles. The van der Waals surface area contributed by atoms with Gasteiger partial charge in [-0.2, -0.15) is 0 Å². The van der Waals surface area contributed by atoms with E-state index in [1.54, 1.807) is 36.4 Å². The molecule has 0 amide bonds. The van der Waals surface area contributed by atoms with E-state index in [1.165, 1.54) is 0 Å². The quantitative estimate of drug-likeness (QED) is 0.551. The maximum Gasteiger partial charge on any atom is 0.310 e. The van der Waals surface area contributed by atoms with Gasteiger partial charge in [0.2, 0.25) is 6.86 Å². The van der Waals surface area contributed by atoms with Crippen LogP contribution >= 0.6 is 11.6 Å². The van der Waals surface area contributed by atoms with E-state index < -0.39 is 25.4 Å². The molecule has 0 heterocycles. The average Bonchev–Trinajstić information content (AvgIpc) is 3.49. The number of halogens is 3. The van der Waals surface area contributed by atoms with E-state index >= 15 is 0 Å². The first-order chi connectivity index (χ1) is 13.5. The van der Waals surface area contributed by atoms with Crippen LogP contribution in [0.1, 0.15) is 30.7 Å². The van der Waals surface area contributed by atoms with Crippen molar-refractivity contribution in [2.45, 2.75) is 25.2 Å². The van der Waals surface area contributed by atoms with Gasteiger partial charge >= 0.3 is 5.97 Å². The normalized spacial score (nSPS) is 14.5. The van der Waals surface area contributed by atoms with Crippen LogP contribution in [0.5, 0.6) is 11.5 Å². The molecule has 150 valence electrons. The maximum atomic E-state index is 12.6. The van der Waals surface area contributed by atoms with Gasteiger partial charge in [0.25, 0.3) is 0 Å². The second kappa shape index (κ2) is 9.24. The molecular weight excluding hydrogens is 390 g/mol. The Morgan fingerprint density at radius 2 is 1.89 bits per heavy atom. The van der Waals surface area contributed by atoms with Gasteiger partial charge in [-0.1, -0.05) is 36.6 Å². The summed E-state index contributed by atoms with van der Waals surface area (Å²) in [6.45, 7) is -1.78. The zero-order chi connectivity index (χ0) is 20.1. The van der Waals surface area contributed by atoms with Gasteiger partial charge in [0.15, 0.2) is 0 Å². The summed E-state index contributed by atoms with van der Waals surface area (Å²) in [4.78, 5) is 11.8. The lowest BCUT2D eigenvalue weighted by atomic mass is 9.90. The highest BCUT2D eigenvalue weighted by Crippen LogP contribution is 2.43. The Morgan fingerprint density at radius 3 is 2.46 bits per heavy atom. The molecule has 3 rings (SSSR count). The van der Waals surface area contributed by atoms with Gasteiger partial charge in [-0.05, 0) is 47.7 Å². The van der Waals surface area contributed by atoms with Gasteiger partial charge in [-0.15, -0.1) is 0 Å². The fraction of sp³-hybridized carbons (Fsp3) is 0.381. The molecule has 2 aromatic rings. The van der Waals surface area contributed by atoms with Crippen molar-refractivity contribution in [3.05, 3.63) is 47.0 Å². The Hall–Kier alpha value is -2.34. The van der Waals surface area contributed by atoms with Gasteiger partial charge in [-0.25, -0.2) is 8.78 Å². The summed E-state index contributed by atoms with van der Waals surface area (Å²) in [6, 6.07) is 9.88. The Bertz CT molecular complexity index is 822. The van der Waals surface area contributed by atoms with Crippen molar-refractivity contribution < 1.29 is 28.2 Å². The van der Waals surface area contributed by atoms with Crippen LogP contribution in [0.4, 0.5) is 8.78 Å². The van der Waals surface area contributed by atoms with Crippen molar-refractivity contribution in [3.8, 4) is 22.6 Å². The molecule has 0 radical (unpaired) electrons. The number of carboxylic acid groups (broad SMARTS) is 1. The number of hydrogen-bond donors (Lipinski definition) is 1. The maximum absolute atomic E-state index is 12.6. The zero-order valence-electron chi connectivity index (χ0n) is 15.2. The van der Waals surface area contributed by atoms with Gasteiger partial charge < -0.3 is 14.6 Å². The second-order valence-electron chi connectivity index (χ2n) is 6.76. The number of hydrogen-bond acceptors (Lipinski definition) is 3. The molecule has 1 N–H and O–H groups in total. The van der Waals surface area contributed by atoms with Crippen LogP contribution in [-0.4, -0.2) is 31.2 Å². The first-order valence-corrected chi connectivity index (χ1v) is 9.45. The SMILES string of the molecule is O=C(O)C(CC1CC1)c1cc(Cl)c(OCCF)c(-c2ccc(OCF)cc2)c1. The van der Waals surface area contributed by atoms with E-state index in [4.69, 9.17) is 21.1 Å². The summed E-state index contributed by atoms with van der Waals surface area (Å²) in [5.74, 6) is -0.510. The molecule has 1 aliphatic carbocycles. The minimum absolute atomic E-state index is 0.167. The van der Waals surface area contributed by atoms with Crippen LogP contribution in [0.25, 0.3) is 11.1 Å². The Kier molecular flexibility index (Phi) is 6.73. The third kappa shape index (κ3) is 4.93. The van der Waals surface area contributed by atoms with E-state index in [0.29, 0.717) is 34.8 Å². The third-order valence-electron chi connectivity index (χ3n) is 4.74. The predicted octanol–water partition coefficient (Wildman–Crippen LogP) is 5.63. The van der Waals surface area contributed by atoms with Crippen molar-refractivity contribution in [1.82, 2.24) is 0 Å². The summed E-state index contributed by atoms with van der Waals surface area (Å²) >= 11 is 6.39. The summed E-state index contributed by atoms with van der Waals surface area (Å²) in [7, 11) is 0. The van der Waals surface area contributed by atoms with Crippen LogP contribution in [-0.2, 0) is 4.79 Å². The summed E-state index contributed by atoms with van der Waals surface area (Å²) in [5, 5.41) is 9.91. The van der Waals surface area contributed by atoms with Gasteiger partial charge in [0.05, 0.1) is 10.9 Å². The number of benzene rings is 2. The van der Waals surface area contributed by atoms with E-state index in [-0.39, 0.29) is 17.4 Å². The average molecular weight is 411 g/mol. The number of rotatable bonds is 10. The predicted molar refractivity (Wildman–Crippen MR) is 103 cm³/mol. The molecule has 7 heteroatoms. The monoisotopic (exact) mass is 410 g/mol. The number of carboxylic acids is 1. The minimum Gasteiger partial charge on any atom is -0.489 e. The van der Waals surface area contributed by atoms with E-state index in [9.17, 15) is 18.7 Å². The zero-order valence-corrected chi connectivity index (χ0v) is 15.9. The molecule has 0 aliphatic heterocycles. The van der Waals surface area contributed by atoms with Crippen molar-refractivity contribution in [3.63, 3.8) is 0 Å². The highest BCUT2D eigenvalue weighted by Gasteiger charge is 2.31. The number of carbonyl (C=O) groups is 1. The van der Waals surface area contributed by atoms with Crippen molar-refractivity contribution in [1.29, 1.82) is 0 Å². The molecule has 4 nitrogen and oxygen atoms in total. The molecule has 0 spiro atoms. The summed E-state index contributed by atoms with van der Waals surface area (Å²) < 4.78 is 35.3. The molecule has 1 saturated carbocycles. The van der Waals surface area contributed by atoms with Crippen molar-refractivity contribution in [2.75, 3.05) is 20.1 Å². The van der Waals surface area contributed by atoms with Crippen LogP contribution in [0.15, 0.2) is 36.4 Å². The van der Waals surface area contributed by atoms with Crippen LogP contribution in [0.2, 0.25) is 5.02 Å². The standard InChI is InChI=1S/C21H21ClF2O4/c22-19-11-15(18(21(25)26)9-13-1-2-13)10-17(20(19)27-8-7-23)14-3-5-16(6-4-14)28-12-24/h3-6,10-11,13,18H,1-2,7-9,12H2,(H,25,26). The number of ether oxygens (including phenoxy) is 2. The Balaban J connectivity index is 2.02. The third-order valence-corrected chi connectivity index (χ3v) is 5.02. The fourth-order valence-corrected chi connectivity index (χ4v) is 3.46. The molecular formula is C21H21ClF2O4. The first-order valence-electron chi connectivity index (χ1n) is 9.07. The fourth-order valence-electron chi connectivity index (χ4n) is 3.18. The Morgan fingerprint density at radius 1 is 1.18 bits per heavy atom. The second-order valence-corrected chi connectivity index (χ2v) is 7.17. The van der Waals surface area contributed by atoms with Crippen LogP contribution in [0.3, 0.4) is 0 Å². The molecule has 0 aromatic heterocycles. The summed E-state index contributed by atoms with van der Waals surface area (Å²) in [5.41, 5.74) is 1.82. The van der Waals surface area contributed by atoms with E-state index in [2.05, 4.69) is 0 Å². The summed E-state index contributed by atoms with van der Waals surface area (Å²) in [6.07, 6.45) is 2.63. The minimum atomic E-state index is -0.938. The van der Waals surface area contributed by atoms with Crippen LogP contribution < -0.4 is 9.47 Å². The van der Waals surface area contributed by atoms with Crippen LogP contribution in [0, 0.1) is 5.92 Å². The highest BCUT2D eigenvalue weighted by atomic mass is 35.5.